The van der Waals surface area contributed by atoms with E-state index in [1.807, 2.05) is 37.4 Å². The topological polar surface area (TPSA) is 117 Å². The molecule has 0 unspecified atom stereocenters. The maximum absolute atomic E-state index is 12.2. The highest BCUT2D eigenvalue weighted by Crippen LogP contribution is 2.24. The molecule has 0 aliphatic carbocycles. The van der Waals surface area contributed by atoms with E-state index in [9.17, 15) is 14.7 Å². The van der Waals surface area contributed by atoms with Gasteiger partial charge in [0, 0.05) is 36.5 Å². The fourth-order valence-corrected chi connectivity index (χ4v) is 3.75. The van der Waals surface area contributed by atoms with Crippen LogP contribution in [0.25, 0.3) is 16.5 Å². The van der Waals surface area contributed by atoms with Crippen molar-refractivity contribution < 1.29 is 19.4 Å². The first kappa shape index (κ1) is 24.1. The SMILES string of the molecule is C/C=C(/CCNC(=O)CCCC(=O)Oc1ccc2[nH]cc(CCN)c2c1)c1cccc(O)c1. The molecule has 5 N–H and O–H groups in total. The quantitative estimate of drug-likeness (QED) is 0.260. The number of aromatic hydroxyl groups is 1. The third-order valence-electron chi connectivity index (χ3n) is 5.45. The van der Waals surface area contributed by atoms with Crippen molar-refractivity contribution >= 4 is 28.4 Å². The summed E-state index contributed by atoms with van der Waals surface area (Å²) >= 11 is 0. The van der Waals surface area contributed by atoms with Crippen LogP contribution < -0.4 is 15.8 Å². The number of carbonyl (C=O) groups is 2. The van der Waals surface area contributed by atoms with Crippen molar-refractivity contribution in [3.05, 3.63) is 65.9 Å². The Labute approximate surface area is 193 Å². The second kappa shape index (κ2) is 11.9. The number of ether oxygens (including phenoxy) is 1. The number of hydrogen-bond donors (Lipinski definition) is 4. The van der Waals surface area contributed by atoms with E-state index in [0.29, 0.717) is 31.7 Å². The average Bonchev–Trinajstić information content (AvgIpc) is 3.19. The van der Waals surface area contributed by atoms with Gasteiger partial charge in [0.25, 0.3) is 0 Å². The lowest BCUT2D eigenvalue weighted by Crippen LogP contribution is -2.24. The van der Waals surface area contributed by atoms with Gasteiger partial charge in [-0.05, 0) is 79.8 Å². The van der Waals surface area contributed by atoms with Gasteiger partial charge in [-0.15, -0.1) is 0 Å². The van der Waals surface area contributed by atoms with Crippen LogP contribution in [-0.2, 0) is 16.0 Å². The highest BCUT2D eigenvalue weighted by molar-refractivity contribution is 5.85. The van der Waals surface area contributed by atoms with Crippen molar-refractivity contribution in [3.63, 3.8) is 0 Å². The zero-order valence-corrected chi connectivity index (χ0v) is 18.9. The second-order valence-corrected chi connectivity index (χ2v) is 7.85. The van der Waals surface area contributed by atoms with Crippen LogP contribution in [0.5, 0.6) is 11.5 Å². The van der Waals surface area contributed by atoms with Crippen LogP contribution in [0.4, 0.5) is 0 Å². The molecule has 1 heterocycles. The minimum Gasteiger partial charge on any atom is -0.508 e. The van der Waals surface area contributed by atoms with Crippen LogP contribution in [0.15, 0.2) is 54.7 Å². The number of aromatic nitrogens is 1. The van der Waals surface area contributed by atoms with Gasteiger partial charge in [-0.1, -0.05) is 18.2 Å². The van der Waals surface area contributed by atoms with Crippen molar-refractivity contribution in [1.82, 2.24) is 10.3 Å². The van der Waals surface area contributed by atoms with E-state index in [4.69, 9.17) is 10.5 Å². The van der Waals surface area contributed by atoms with Gasteiger partial charge in [-0.25, -0.2) is 0 Å². The first-order chi connectivity index (χ1) is 16.0. The predicted molar refractivity (Wildman–Crippen MR) is 130 cm³/mol. The summed E-state index contributed by atoms with van der Waals surface area (Å²) in [5.41, 5.74) is 9.69. The summed E-state index contributed by atoms with van der Waals surface area (Å²) < 4.78 is 5.45. The fraction of sp³-hybridized carbons (Fsp3) is 0.308. The van der Waals surface area contributed by atoms with Gasteiger partial charge < -0.3 is 25.9 Å². The first-order valence-electron chi connectivity index (χ1n) is 11.2. The van der Waals surface area contributed by atoms with Crippen LogP contribution in [-0.4, -0.2) is 35.1 Å². The summed E-state index contributed by atoms with van der Waals surface area (Å²) in [4.78, 5) is 27.5. The fourth-order valence-electron chi connectivity index (χ4n) is 3.75. The monoisotopic (exact) mass is 449 g/mol. The number of nitrogens with two attached hydrogens (primary N) is 1. The standard InChI is InChI=1S/C26H31N3O4/c1-2-18(19-5-3-6-21(30)15-19)12-14-28-25(31)7-4-8-26(32)33-22-9-10-24-23(16-22)20(11-13-27)17-29-24/h2-3,5-6,9-10,15-17,29-30H,4,7-8,11-14,27H2,1H3,(H,28,31)/b18-2-. The lowest BCUT2D eigenvalue weighted by molar-refractivity contribution is -0.134. The maximum atomic E-state index is 12.2. The molecule has 2 aromatic carbocycles. The van der Waals surface area contributed by atoms with E-state index in [1.54, 1.807) is 24.3 Å². The number of allylic oxidation sites excluding steroid dienone is 1. The van der Waals surface area contributed by atoms with Crippen LogP contribution in [0, 0.1) is 0 Å². The van der Waals surface area contributed by atoms with Gasteiger partial charge in [-0.2, -0.15) is 0 Å². The second-order valence-electron chi connectivity index (χ2n) is 7.85. The number of phenols is 1. The molecule has 7 heteroatoms. The van der Waals surface area contributed by atoms with E-state index in [0.717, 1.165) is 34.0 Å². The molecule has 174 valence electrons. The van der Waals surface area contributed by atoms with E-state index >= 15 is 0 Å². The number of amides is 1. The average molecular weight is 450 g/mol. The van der Waals surface area contributed by atoms with Gasteiger partial charge in [0.15, 0.2) is 0 Å². The summed E-state index contributed by atoms with van der Waals surface area (Å²) in [5, 5.41) is 13.5. The molecule has 7 nitrogen and oxygen atoms in total. The van der Waals surface area contributed by atoms with E-state index < -0.39 is 0 Å². The number of hydrogen-bond acceptors (Lipinski definition) is 5. The smallest absolute Gasteiger partial charge is 0.311 e. The van der Waals surface area contributed by atoms with Crippen molar-refractivity contribution in [3.8, 4) is 11.5 Å². The number of esters is 1. The largest absolute Gasteiger partial charge is 0.508 e. The molecule has 1 aromatic heterocycles. The molecule has 1 amide bonds. The molecule has 33 heavy (non-hydrogen) atoms. The van der Waals surface area contributed by atoms with Crippen LogP contribution in [0.1, 0.15) is 43.7 Å². The summed E-state index contributed by atoms with van der Waals surface area (Å²) in [5.74, 6) is 0.236. The molecule has 0 aliphatic heterocycles. The van der Waals surface area contributed by atoms with Crippen LogP contribution >= 0.6 is 0 Å². The molecule has 3 aromatic rings. The molecule has 0 saturated heterocycles. The summed E-state index contributed by atoms with van der Waals surface area (Å²) in [7, 11) is 0. The van der Waals surface area contributed by atoms with Crippen LogP contribution in [0.3, 0.4) is 0 Å². The number of fused-ring (bicyclic) bond motifs is 1. The number of benzene rings is 2. The van der Waals surface area contributed by atoms with E-state index in [-0.39, 0.29) is 30.5 Å². The molecular formula is C26H31N3O4. The zero-order valence-electron chi connectivity index (χ0n) is 18.9. The molecule has 0 spiro atoms. The number of H-pyrrole nitrogens is 1. The van der Waals surface area contributed by atoms with Crippen LogP contribution in [0.2, 0.25) is 0 Å². The number of rotatable bonds is 11. The van der Waals surface area contributed by atoms with Gasteiger partial charge in [0.2, 0.25) is 5.91 Å². The number of nitrogens with one attached hydrogen (secondary N) is 2. The van der Waals surface area contributed by atoms with Gasteiger partial charge in [0.05, 0.1) is 0 Å². The summed E-state index contributed by atoms with van der Waals surface area (Å²) in [6.07, 6.45) is 6.13. The van der Waals surface area contributed by atoms with Gasteiger partial charge in [0.1, 0.15) is 11.5 Å². The molecule has 0 atom stereocenters. The van der Waals surface area contributed by atoms with Crippen molar-refractivity contribution in [2.24, 2.45) is 5.73 Å². The number of aromatic amines is 1. The Balaban J connectivity index is 1.39. The lowest BCUT2D eigenvalue weighted by Gasteiger charge is -2.09. The van der Waals surface area contributed by atoms with Crippen molar-refractivity contribution in [2.75, 3.05) is 13.1 Å². The van der Waals surface area contributed by atoms with Crippen molar-refractivity contribution in [1.29, 1.82) is 0 Å². The Hall–Kier alpha value is -3.58. The molecular weight excluding hydrogens is 418 g/mol. The molecule has 0 saturated carbocycles. The lowest BCUT2D eigenvalue weighted by atomic mass is 10.0. The van der Waals surface area contributed by atoms with E-state index in [1.165, 1.54) is 0 Å². The molecule has 0 bridgehead atoms. The first-order valence-corrected chi connectivity index (χ1v) is 11.2. The Morgan fingerprint density at radius 1 is 1.15 bits per heavy atom. The van der Waals surface area contributed by atoms with Crippen molar-refractivity contribution in [2.45, 2.75) is 39.0 Å². The molecule has 0 aliphatic rings. The Morgan fingerprint density at radius 2 is 2.00 bits per heavy atom. The summed E-state index contributed by atoms with van der Waals surface area (Å²) in [6.45, 7) is 2.96. The maximum Gasteiger partial charge on any atom is 0.311 e. The zero-order chi connectivity index (χ0) is 23.6. The van der Waals surface area contributed by atoms with E-state index in [2.05, 4.69) is 10.3 Å². The normalized spacial score (nSPS) is 11.5. The van der Waals surface area contributed by atoms with Gasteiger partial charge in [-0.3, -0.25) is 9.59 Å². The molecule has 0 radical (unpaired) electrons. The third-order valence-corrected chi connectivity index (χ3v) is 5.45. The Morgan fingerprint density at radius 3 is 2.76 bits per heavy atom. The minimum atomic E-state index is -0.363. The predicted octanol–water partition coefficient (Wildman–Crippen LogP) is 4.06. The highest BCUT2D eigenvalue weighted by Gasteiger charge is 2.10. The third kappa shape index (κ3) is 6.95. The number of phenolic OH excluding ortho intramolecular Hbond substituents is 1. The molecule has 0 fully saturated rings. The number of carbonyl (C=O) groups excluding carboxylic acids is 2. The Kier molecular flexibility index (Phi) is 8.66. The molecule has 3 rings (SSSR count). The highest BCUT2D eigenvalue weighted by atomic mass is 16.5. The van der Waals surface area contributed by atoms with Gasteiger partial charge >= 0.3 is 5.97 Å². The Bertz CT molecular complexity index is 1130. The summed E-state index contributed by atoms with van der Waals surface area (Å²) in [6, 6.07) is 12.5. The minimum absolute atomic E-state index is 0.102.